The van der Waals surface area contributed by atoms with E-state index < -0.39 is 5.97 Å². The first-order valence-corrected chi connectivity index (χ1v) is 8.42. The first kappa shape index (κ1) is 16.7. The fourth-order valence-corrected chi connectivity index (χ4v) is 3.34. The van der Waals surface area contributed by atoms with E-state index >= 15 is 0 Å². The summed E-state index contributed by atoms with van der Waals surface area (Å²) in [6.07, 6.45) is 3.07. The van der Waals surface area contributed by atoms with Crippen LogP contribution in [0.1, 0.15) is 15.9 Å². The largest absolute Gasteiger partial charge is 0.478 e. The molecule has 3 rings (SSSR count). The molecular weight excluding hydrogens is 334 g/mol. The molecule has 0 bridgehead atoms. The number of nitrogens with one attached hydrogen (secondary N) is 1. The van der Waals surface area contributed by atoms with Crippen LogP contribution < -0.4 is 5.32 Å². The zero-order chi connectivity index (χ0) is 17.6. The summed E-state index contributed by atoms with van der Waals surface area (Å²) >= 11 is 1.24. The molecule has 0 saturated heterocycles. The minimum Gasteiger partial charge on any atom is -0.478 e. The van der Waals surface area contributed by atoms with Crippen LogP contribution in [0.3, 0.4) is 0 Å². The van der Waals surface area contributed by atoms with Gasteiger partial charge in [-0.3, -0.25) is 4.79 Å². The van der Waals surface area contributed by atoms with Crippen LogP contribution in [-0.2, 0) is 4.79 Å². The van der Waals surface area contributed by atoms with Gasteiger partial charge in [0.05, 0.1) is 5.56 Å². The van der Waals surface area contributed by atoms with Crippen molar-refractivity contribution in [2.24, 2.45) is 0 Å². The van der Waals surface area contributed by atoms with Gasteiger partial charge in [-0.2, -0.15) is 0 Å². The van der Waals surface area contributed by atoms with E-state index in [1.165, 1.54) is 17.4 Å². The molecule has 1 aromatic heterocycles. The number of amides is 1. The molecular formula is C20H15NO3S. The summed E-state index contributed by atoms with van der Waals surface area (Å²) in [6, 6.07) is 20.5. The molecule has 2 N–H and O–H groups in total. The summed E-state index contributed by atoms with van der Waals surface area (Å²) in [4.78, 5) is 24.4. The summed E-state index contributed by atoms with van der Waals surface area (Å²) in [6.45, 7) is 0. The standard InChI is InChI=1S/C20H15NO3S/c22-18(12-11-14-7-3-1-4-8-14)21-19-16(20(23)24)13-17(25-19)15-9-5-2-6-10-15/h1-13H,(H,21,22)(H,23,24)/b12-11+. The third-order valence-electron chi connectivity index (χ3n) is 3.48. The SMILES string of the molecule is O=C(/C=C/c1ccccc1)Nc1sc(-c2ccccc2)cc1C(=O)O. The maximum absolute atomic E-state index is 12.1. The second-order valence-electron chi connectivity index (χ2n) is 5.26. The molecule has 4 nitrogen and oxygen atoms in total. The molecule has 0 unspecified atom stereocenters. The van der Waals surface area contributed by atoms with Gasteiger partial charge in [0.1, 0.15) is 5.00 Å². The van der Waals surface area contributed by atoms with Crippen molar-refractivity contribution in [2.45, 2.75) is 0 Å². The third-order valence-corrected chi connectivity index (χ3v) is 4.58. The Hall–Kier alpha value is -3.18. The quantitative estimate of drug-likeness (QED) is 0.652. The Labute approximate surface area is 149 Å². The van der Waals surface area contributed by atoms with Gasteiger partial charge < -0.3 is 10.4 Å². The topological polar surface area (TPSA) is 66.4 Å². The minimum atomic E-state index is -1.07. The first-order chi connectivity index (χ1) is 12.1. The van der Waals surface area contributed by atoms with Gasteiger partial charge in [-0.15, -0.1) is 11.3 Å². The average Bonchev–Trinajstić information content (AvgIpc) is 3.06. The van der Waals surface area contributed by atoms with Crippen molar-refractivity contribution in [2.75, 3.05) is 5.32 Å². The summed E-state index contributed by atoms with van der Waals surface area (Å²) < 4.78 is 0. The van der Waals surface area contributed by atoms with Gasteiger partial charge in [0.25, 0.3) is 0 Å². The summed E-state index contributed by atoms with van der Waals surface area (Å²) in [7, 11) is 0. The Morgan fingerprint density at radius 3 is 2.24 bits per heavy atom. The number of benzene rings is 2. The maximum Gasteiger partial charge on any atom is 0.338 e. The van der Waals surface area contributed by atoms with Crippen molar-refractivity contribution in [3.05, 3.63) is 83.9 Å². The highest BCUT2D eigenvalue weighted by Gasteiger charge is 2.17. The van der Waals surface area contributed by atoms with Crippen molar-refractivity contribution in [3.63, 3.8) is 0 Å². The van der Waals surface area contributed by atoms with Gasteiger partial charge >= 0.3 is 5.97 Å². The highest BCUT2D eigenvalue weighted by molar-refractivity contribution is 7.20. The molecule has 0 radical (unpaired) electrons. The van der Waals surface area contributed by atoms with Gasteiger partial charge in [0.15, 0.2) is 0 Å². The van der Waals surface area contributed by atoms with E-state index in [4.69, 9.17) is 0 Å². The number of hydrogen-bond acceptors (Lipinski definition) is 3. The zero-order valence-electron chi connectivity index (χ0n) is 13.2. The summed E-state index contributed by atoms with van der Waals surface area (Å²) in [5, 5.41) is 12.4. The van der Waals surface area contributed by atoms with E-state index in [1.54, 1.807) is 12.1 Å². The van der Waals surface area contributed by atoms with Crippen molar-refractivity contribution in [1.82, 2.24) is 0 Å². The van der Waals surface area contributed by atoms with Crippen LogP contribution >= 0.6 is 11.3 Å². The molecule has 0 atom stereocenters. The molecule has 25 heavy (non-hydrogen) atoms. The van der Waals surface area contributed by atoms with Crippen molar-refractivity contribution < 1.29 is 14.7 Å². The molecule has 0 saturated carbocycles. The molecule has 2 aromatic carbocycles. The van der Waals surface area contributed by atoms with Crippen LogP contribution in [0.4, 0.5) is 5.00 Å². The zero-order valence-corrected chi connectivity index (χ0v) is 14.0. The summed E-state index contributed by atoms with van der Waals surface area (Å²) in [5.74, 6) is -1.44. The van der Waals surface area contributed by atoms with E-state index in [9.17, 15) is 14.7 Å². The van der Waals surface area contributed by atoms with Crippen molar-refractivity contribution >= 4 is 34.3 Å². The van der Waals surface area contributed by atoms with Crippen molar-refractivity contribution in [3.8, 4) is 10.4 Å². The number of carbonyl (C=O) groups excluding carboxylic acids is 1. The molecule has 1 amide bonds. The fourth-order valence-electron chi connectivity index (χ4n) is 2.28. The van der Waals surface area contributed by atoms with Crippen LogP contribution in [0.5, 0.6) is 0 Å². The van der Waals surface area contributed by atoms with Crippen molar-refractivity contribution in [1.29, 1.82) is 0 Å². The second-order valence-corrected chi connectivity index (χ2v) is 6.31. The fraction of sp³-hybridized carbons (Fsp3) is 0. The van der Waals surface area contributed by atoms with E-state index in [-0.39, 0.29) is 11.5 Å². The maximum atomic E-state index is 12.1. The number of thiophene rings is 1. The Kier molecular flexibility index (Phi) is 5.06. The van der Waals surface area contributed by atoms with E-state index in [0.717, 1.165) is 16.0 Å². The average molecular weight is 349 g/mol. The normalized spacial score (nSPS) is 10.7. The molecule has 5 heteroatoms. The number of carboxylic acids is 1. The predicted octanol–water partition coefficient (Wildman–Crippen LogP) is 4.77. The molecule has 0 aliphatic heterocycles. The first-order valence-electron chi connectivity index (χ1n) is 7.60. The van der Waals surface area contributed by atoms with Gasteiger partial charge in [-0.25, -0.2) is 4.79 Å². The lowest BCUT2D eigenvalue weighted by molar-refractivity contribution is -0.111. The third kappa shape index (κ3) is 4.22. The van der Waals surface area contributed by atoms with Crippen LogP contribution in [-0.4, -0.2) is 17.0 Å². The lowest BCUT2D eigenvalue weighted by Gasteiger charge is -2.00. The Bertz CT molecular complexity index is 915. The molecule has 0 aliphatic carbocycles. The molecule has 0 fully saturated rings. The van der Waals surface area contributed by atoms with Gasteiger partial charge in [0, 0.05) is 11.0 Å². The lowest BCUT2D eigenvalue weighted by atomic mass is 10.1. The summed E-state index contributed by atoms with van der Waals surface area (Å²) in [5.41, 5.74) is 1.90. The molecule has 0 aliphatic rings. The highest BCUT2D eigenvalue weighted by Crippen LogP contribution is 2.35. The number of carboxylic acid groups (broad SMARTS) is 1. The minimum absolute atomic E-state index is 0.0883. The van der Waals surface area contributed by atoms with Gasteiger partial charge in [-0.05, 0) is 23.3 Å². The number of carbonyl (C=O) groups is 2. The molecule has 124 valence electrons. The lowest BCUT2D eigenvalue weighted by Crippen LogP contribution is -2.09. The molecule has 0 spiro atoms. The second kappa shape index (κ2) is 7.59. The Morgan fingerprint density at radius 1 is 0.960 bits per heavy atom. The van der Waals surface area contributed by atoms with Crippen LogP contribution in [0, 0.1) is 0 Å². The monoisotopic (exact) mass is 349 g/mol. The van der Waals surface area contributed by atoms with Crippen LogP contribution in [0.15, 0.2) is 72.8 Å². The number of aromatic carboxylic acids is 1. The Morgan fingerprint density at radius 2 is 1.60 bits per heavy atom. The van der Waals surface area contributed by atoms with E-state index in [1.807, 2.05) is 60.7 Å². The number of hydrogen-bond donors (Lipinski definition) is 2. The highest BCUT2D eigenvalue weighted by atomic mass is 32.1. The van der Waals surface area contributed by atoms with Crippen LogP contribution in [0.25, 0.3) is 16.5 Å². The van der Waals surface area contributed by atoms with E-state index in [2.05, 4.69) is 5.32 Å². The smallest absolute Gasteiger partial charge is 0.338 e. The van der Waals surface area contributed by atoms with Gasteiger partial charge in [0.2, 0.25) is 5.91 Å². The van der Waals surface area contributed by atoms with Crippen LogP contribution in [0.2, 0.25) is 0 Å². The molecule has 1 heterocycles. The molecule has 3 aromatic rings. The van der Waals surface area contributed by atoms with E-state index in [0.29, 0.717) is 5.00 Å². The predicted molar refractivity (Wildman–Crippen MR) is 101 cm³/mol. The number of rotatable bonds is 5. The van der Waals surface area contributed by atoms with Gasteiger partial charge in [-0.1, -0.05) is 60.7 Å². The number of anilines is 1. The Balaban J connectivity index is 1.81.